The van der Waals surface area contributed by atoms with Crippen LogP contribution in [0.5, 0.6) is 0 Å². The van der Waals surface area contributed by atoms with Gasteiger partial charge in [-0.25, -0.2) is 4.79 Å². The Morgan fingerprint density at radius 2 is 1.80 bits per heavy atom. The van der Waals surface area contributed by atoms with Crippen molar-refractivity contribution >= 4 is 23.5 Å². The second-order valence-corrected chi connectivity index (χ2v) is 4.52. The van der Waals surface area contributed by atoms with Crippen LogP contribution in [0.15, 0.2) is 24.3 Å². The predicted molar refractivity (Wildman–Crippen MR) is 72.4 cm³/mol. The molecule has 1 amide bonds. The number of hydrogen-bond donors (Lipinski definition) is 2. The number of carbonyl (C=O) groups is 3. The molecule has 0 aromatic heterocycles. The van der Waals surface area contributed by atoms with Gasteiger partial charge < -0.3 is 15.2 Å². The summed E-state index contributed by atoms with van der Waals surface area (Å²) in [6.45, 7) is 1.70. The van der Waals surface area contributed by atoms with E-state index < -0.39 is 11.9 Å². The average molecular weight is 279 g/mol. The molecule has 1 rings (SSSR count). The Hall–Kier alpha value is -2.37. The number of ether oxygens (including phenoxy) is 1. The lowest BCUT2D eigenvalue weighted by Gasteiger charge is -2.09. The molecule has 0 saturated heterocycles. The summed E-state index contributed by atoms with van der Waals surface area (Å²) in [7, 11) is 1.29. The molecule has 0 unspecified atom stereocenters. The minimum absolute atomic E-state index is 0.0469. The summed E-state index contributed by atoms with van der Waals surface area (Å²) in [4.78, 5) is 33.4. The fourth-order valence-corrected chi connectivity index (χ4v) is 1.71. The Kier molecular flexibility index (Phi) is 5.71. The van der Waals surface area contributed by atoms with Gasteiger partial charge in [-0.1, -0.05) is 6.92 Å². The number of hydrogen-bond acceptors (Lipinski definition) is 4. The Morgan fingerprint density at radius 3 is 2.30 bits per heavy atom. The van der Waals surface area contributed by atoms with E-state index in [1.165, 1.54) is 7.11 Å². The van der Waals surface area contributed by atoms with Gasteiger partial charge in [-0.05, 0) is 30.2 Å². The van der Waals surface area contributed by atoms with Crippen LogP contribution in [0.3, 0.4) is 0 Å². The molecule has 20 heavy (non-hydrogen) atoms. The number of carbonyl (C=O) groups excluding carboxylic acids is 2. The monoisotopic (exact) mass is 279 g/mol. The zero-order chi connectivity index (χ0) is 15.1. The number of anilines is 1. The van der Waals surface area contributed by atoms with E-state index in [9.17, 15) is 14.4 Å². The molecule has 6 heteroatoms. The molecule has 1 aromatic carbocycles. The van der Waals surface area contributed by atoms with Crippen molar-refractivity contribution in [3.8, 4) is 0 Å². The van der Waals surface area contributed by atoms with E-state index >= 15 is 0 Å². The number of benzene rings is 1. The molecule has 0 spiro atoms. The first-order chi connectivity index (χ1) is 9.42. The zero-order valence-electron chi connectivity index (χ0n) is 11.4. The van der Waals surface area contributed by atoms with Gasteiger partial charge in [0.2, 0.25) is 5.91 Å². The fraction of sp³-hybridized carbons (Fsp3) is 0.357. The van der Waals surface area contributed by atoms with Gasteiger partial charge in [-0.3, -0.25) is 9.59 Å². The molecule has 108 valence electrons. The van der Waals surface area contributed by atoms with Gasteiger partial charge in [0, 0.05) is 18.5 Å². The second kappa shape index (κ2) is 7.28. The number of aliphatic carboxylic acids is 1. The molecule has 0 fully saturated rings. The largest absolute Gasteiger partial charge is 0.481 e. The number of esters is 1. The summed E-state index contributed by atoms with van der Waals surface area (Å²) in [5.74, 6) is -1.86. The fourth-order valence-electron chi connectivity index (χ4n) is 1.71. The van der Waals surface area contributed by atoms with Crippen molar-refractivity contribution in [2.45, 2.75) is 19.8 Å². The smallest absolute Gasteiger partial charge is 0.337 e. The lowest BCUT2D eigenvalue weighted by Crippen LogP contribution is -2.17. The van der Waals surface area contributed by atoms with Crippen LogP contribution in [0.2, 0.25) is 0 Å². The van der Waals surface area contributed by atoms with Crippen molar-refractivity contribution in [1.29, 1.82) is 0 Å². The van der Waals surface area contributed by atoms with Crippen molar-refractivity contribution in [2.75, 3.05) is 12.4 Å². The van der Waals surface area contributed by atoms with Gasteiger partial charge in [-0.15, -0.1) is 0 Å². The highest BCUT2D eigenvalue weighted by Gasteiger charge is 2.13. The Morgan fingerprint density at radius 1 is 1.20 bits per heavy atom. The van der Waals surface area contributed by atoms with E-state index in [1.807, 2.05) is 0 Å². The molecule has 6 nitrogen and oxygen atoms in total. The van der Waals surface area contributed by atoms with E-state index in [0.717, 1.165) is 0 Å². The molecular weight excluding hydrogens is 262 g/mol. The topological polar surface area (TPSA) is 92.7 Å². The summed E-state index contributed by atoms with van der Waals surface area (Å²) in [5.41, 5.74) is 0.940. The standard InChI is InChI=1S/C14H17NO5/c1-9(8-13(17)18)7-12(16)15-11-5-3-10(4-6-11)14(19)20-2/h3-6,9H,7-8H2,1-2H3,(H,15,16)(H,17,18)/t9-/m0/s1. The molecule has 1 atom stereocenters. The molecule has 0 aliphatic rings. The maximum absolute atomic E-state index is 11.7. The van der Waals surface area contributed by atoms with E-state index in [1.54, 1.807) is 31.2 Å². The molecule has 0 saturated carbocycles. The maximum atomic E-state index is 11.7. The van der Waals surface area contributed by atoms with Crippen LogP contribution in [-0.2, 0) is 14.3 Å². The van der Waals surface area contributed by atoms with Crippen molar-refractivity contribution in [3.05, 3.63) is 29.8 Å². The van der Waals surface area contributed by atoms with E-state index in [0.29, 0.717) is 11.3 Å². The molecule has 0 aliphatic carbocycles. The number of rotatable bonds is 6. The lowest BCUT2D eigenvalue weighted by molar-refractivity contribution is -0.138. The second-order valence-electron chi connectivity index (χ2n) is 4.52. The first kappa shape index (κ1) is 15.7. The molecule has 0 heterocycles. The lowest BCUT2D eigenvalue weighted by atomic mass is 10.0. The third kappa shape index (κ3) is 5.09. The first-order valence-electron chi connectivity index (χ1n) is 6.12. The van der Waals surface area contributed by atoms with Gasteiger partial charge in [-0.2, -0.15) is 0 Å². The van der Waals surface area contributed by atoms with Crippen LogP contribution < -0.4 is 5.32 Å². The highest BCUT2D eigenvalue weighted by atomic mass is 16.5. The van der Waals surface area contributed by atoms with Gasteiger partial charge in [0.05, 0.1) is 12.7 Å². The Bertz CT molecular complexity index is 495. The molecule has 2 N–H and O–H groups in total. The highest BCUT2D eigenvalue weighted by molar-refractivity contribution is 5.93. The van der Waals surface area contributed by atoms with Gasteiger partial charge in [0.1, 0.15) is 0 Å². The summed E-state index contributed by atoms with van der Waals surface area (Å²) >= 11 is 0. The number of nitrogens with one attached hydrogen (secondary N) is 1. The highest BCUT2D eigenvalue weighted by Crippen LogP contribution is 2.13. The van der Waals surface area contributed by atoms with Crippen molar-refractivity contribution in [1.82, 2.24) is 0 Å². The SMILES string of the molecule is COC(=O)c1ccc(NC(=O)C[C@H](C)CC(=O)O)cc1. The van der Waals surface area contributed by atoms with Crippen LogP contribution >= 0.6 is 0 Å². The zero-order valence-corrected chi connectivity index (χ0v) is 11.4. The molecule has 0 radical (unpaired) electrons. The van der Waals surface area contributed by atoms with E-state index in [2.05, 4.69) is 10.1 Å². The van der Waals surface area contributed by atoms with Gasteiger partial charge in [0.25, 0.3) is 0 Å². The number of carboxylic acid groups (broad SMARTS) is 1. The quantitative estimate of drug-likeness (QED) is 0.776. The van der Waals surface area contributed by atoms with Crippen molar-refractivity contribution in [3.63, 3.8) is 0 Å². The van der Waals surface area contributed by atoms with E-state index in [-0.39, 0.29) is 24.7 Å². The third-order valence-corrected chi connectivity index (χ3v) is 2.65. The maximum Gasteiger partial charge on any atom is 0.337 e. The van der Waals surface area contributed by atoms with Gasteiger partial charge in [0.15, 0.2) is 0 Å². The first-order valence-corrected chi connectivity index (χ1v) is 6.12. The minimum Gasteiger partial charge on any atom is -0.481 e. The third-order valence-electron chi connectivity index (χ3n) is 2.65. The summed E-state index contributed by atoms with van der Waals surface area (Å²) in [6, 6.07) is 6.27. The van der Waals surface area contributed by atoms with Crippen LogP contribution in [0, 0.1) is 5.92 Å². The van der Waals surface area contributed by atoms with Gasteiger partial charge >= 0.3 is 11.9 Å². The summed E-state index contributed by atoms with van der Waals surface area (Å²) in [6.07, 6.45) is 0.0831. The molecule has 0 bridgehead atoms. The Labute approximate surface area is 116 Å². The summed E-state index contributed by atoms with van der Waals surface area (Å²) in [5, 5.41) is 11.3. The molecular formula is C14H17NO5. The predicted octanol–water partition coefficient (Wildman–Crippen LogP) is 1.91. The van der Waals surface area contributed by atoms with Crippen LogP contribution in [0.25, 0.3) is 0 Å². The Balaban J connectivity index is 2.54. The number of carboxylic acids is 1. The van der Waals surface area contributed by atoms with Crippen molar-refractivity contribution in [2.24, 2.45) is 5.92 Å². The molecule has 1 aromatic rings. The number of amides is 1. The van der Waals surface area contributed by atoms with E-state index in [4.69, 9.17) is 5.11 Å². The van der Waals surface area contributed by atoms with Crippen LogP contribution in [0.4, 0.5) is 5.69 Å². The van der Waals surface area contributed by atoms with Crippen molar-refractivity contribution < 1.29 is 24.2 Å². The van der Waals surface area contributed by atoms with Crippen LogP contribution in [0.1, 0.15) is 30.1 Å². The summed E-state index contributed by atoms with van der Waals surface area (Å²) < 4.78 is 4.56. The minimum atomic E-state index is -0.923. The number of methoxy groups -OCH3 is 1. The van der Waals surface area contributed by atoms with Crippen LogP contribution in [-0.4, -0.2) is 30.1 Å². The molecule has 0 aliphatic heterocycles. The normalized spacial score (nSPS) is 11.5. The average Bonchev–Trinajstić information content (AvgIpc) is 2.37.